The zero-order valence-corrected chi connectivity index (χ0v) is 10.9. The summed E-state index contributed by atoms with van der Waals surface area (Å²) in [5.74, 6) is -0.0723. The predicted octanol–water partition coefficient (Wildman–Crippen LogP) is 2.86. The summed E-state index contributed by atoms with van der Waals surface area (Å²) < 4.78 is 1.93. The van der Waals surface area contributed by atoms with E-state index in [1.54, 1.807) is 12.1 Å². The van der Waals surface area contributed by atoms with Gasteiger partial charge in [-0.3, -0.25) is 4.79 Å². The van der Waals surface area contributed by atoms with Crippen LogP contribution in [-0.4, -0.2) is 10.5 Å². The number of benzene rings is 2. The molecule has 1 heterocycles. The number of hydrogen-bond donors (Lipinski definition) is 2. The summed E-state index contributed by atoms with van der Waals surface area (Å²) in [7, 11) is 0. The molecule has 0 unspecified atom stereocenters. The number of carbonyl (C=O) groups is 1. The maximum Gasteiger partial charge on any atom is 0.244 e. The number of aromatic nitrogens is 1. The van der Waals surface area contributed by atoms with Gasteiger partial charge in [-0.25, -0.2) is 0 Å². The molecule has 0 radical (unpaired) electrons. The number of amides is 1. The number of carbonyl (C=O) groups excluding carboxylic acids is 1. The summed E-state index contributed by atoms with van der Waals surface area (Å²) in [6.07, 6.45) is 1.92. The van der Waals surface area contributed by atoms with Crippen molar-refractivity contribution in [2.45, 2.75) is 6.54 Å². The molecule has 1 aromatic heterocycles. The van der Waals surface area contributed by atoms with E-state index in [4.69, 9.17) is 5.73 Å². The van der Waals surface area contributed by atoms with Gasteiger partial charge in [-0.05, 0) is 35.7 Å². The Morgan fingerprint density at radius 1 is 1.10 bits per heavy atom. The Morgan fingerprint density at radius 2 is 1.95 bits per heavy atom. The molecule has 3 aromatic rings. The van der Waals surface area contributed by atoms with Crippen LogP contribution in [0.25, 0.3) is 10.9 Å². The van der Waals surface area contributed by atoms with Crippen LogP contribution in [0.3, 0.4) is 0 Å². The number of hydrogen-bond acceptors (Lipinski definition) is 2. The molecule has 100 valence electrons. The van der Waals surface area contributed by atoms with Gasteiger partial charge in [0, 0.05) is 23.1 Å². The van der Waals surface area contributed by atoms with E-state index < -0.39 is 0 Å². The van der Waals surface area contributed by atoms with Gasteiger partial charge in [0.2, 0.25) is 5.91 Å². The Labute approximate surface area is 116 Å². The molecule has 1 amide bonds. The van der Waals surface area contributed by atoms with Crippen molar-refractivity contribution in [1.29, 1.82) is 0 Å². The molecular weight excluding hydrogens is 250 g/mol. The van der Waals surface area contributed by atoms with E-state index in [-0.39, 0.29) is 12.5 Å². The van der Waals surface area contributed by atoms with Crippen LogP contribution in [0.2, 0.25) is 0 Å². The number of anilines is 2. The Kier molecular flexibility index (Phi) is 3.13. The number of fused-ring (bicyclic) bond motifs is 1. The third-order valence-electron chi connectivity index (χ3n) is 3.16. The molecule has 4 nitrogen and oxygen atoms in total. The maximum atomic E-state index is 12.1. The third kappa shape index (κ3) is 2.49. The molecule has 0 bridgehead atoms. The molecule has 3 N–H and O–H groups in total. The first-order valence-electron chi connectivity index (χ1n) is 6.42. The normalized spacial score (nSPS) is 10.6. The summed E-state index contributed by atoms with van der Waals surface area (Å²) in [5, 5.41) is 3.97. The topological polar surface area (TPSA) is 60.0 Å². The first-order chi connectivity index (χ1) is 9.72. The fraction of sp³-hybridized carbons (Fsp3) is 0.0625. The quantitative estimate of drug-likeness (QED) is 0.715. The fourth-order valence-corrected chi connectivity index (χ4v) is 2.25. The predicted molar refractivity (Wildman–Crippen MR) is 81.4 cm³/mol. The second kappa shape index (κ2) is 5.09. The van der Waals surface area contributed by atoms with Crippen LogP contribution in [-0.2, 0) is 11.3 Å². The van der Waals surface area contributed by atoms with Gasteiger partial charge in [-0.1, -0.05) is 24.3 Å². The molecule has 0 spiro atoms. The lowest BCUT2D eigenvalue weighted by atomic mass is 10.2. The zero-order valence-electron chi connectivity index (χ0n) is 10.9. The Bertz CT molecular complexity index is 761. The Morgan fingerprint density at radius 3 is 2.80 bits per heavy atom. The van der Waals surface area contributed by atoms with Crippen LogP contribution < -0.4 is 11.1 Å². The standard InChI is InChI=1S/C16H15N3O/c17-13-5-3-6-14(10-13)18-16(20)11-19-9-8-12-4-1-2-7-15(12)19/h1-10H,11,17H2,(H,18,20). The molecule has 0 aliphatic rings. The van der Waals surface area contributed by atoms with Crippen molar-refractivity contribution in [3.05, 3.63) is 60.8 Å². The van der Waals surface area contributed by atoms with Gasteiger partial charge in [0.25, 0.3) is 0 Å². The van der Waals surface area contributed by atoms with Crippen LogP contribution in [0.1, 0.15) is 0 Å². The minimum Gasteiger partial charge on any atom is -0.399 e. The van der Waals surface area contributed by atoms with E-state index in [1.807, 2.05) is 53.2 Å². The number of nitrogens with zero attached hydrogens (tertiary/aromatic N) is 1. The monoisotopic (exact) mass is 265 g/mol. The average Bonchev–Trinajstić information content (AvgIpc) is 2.82. The van der Waals surface area contributed by atoms with Crippen molar-refractivity contribution in [3.8, 4) is 0 Å². The summed E-state index contributed by atoms with van der Waals surface area (Å²) in [6, 6.07) is 17.2. The lowest BCUT2D eigenvalue weighted by molar-refractivity contribution is -0.116. The van der Waals surface area contributed by atoms with Crippen molar-refractivity contribution >= 4 is 28.2 Å². The molecule has 0 aliphatic carbocycles. The van der Waals surface area contributed by atoms with Gasteiger partial charge in [-0.15, -0.1) is 0 Å². The summed E-state index contributed by atoms with van der Waals surface area (Å²) in [4.78, 5) is 12.1. The van der Waals surface area contributed by atoms with Gasteiger partial charge in [0.1, 0.15) is 6.54 Å². The number of nitrogens with one attached hydrogen (secondary N) is 1. The van der Waals surface area contributed by atoms with E-state index in [9.17, 15) is 4.79 Å². The van der Waals surface area contributed by atoms with Crippen LogP contribution in [0.5, 0.6) is 0 Å². The lowest BCUT2D eigenvalue weighted by Gasteiger charge is -2.08. The third-order valence-corrected chi connectivity index (χ3v) is 3.16. The van der Waals surface area contributed by atoms with Crippen LogP contribution >= 0.6 is 0 Å². The van der Waals surface area contributed by atoms with Gasteiger partial charge < -0.3 is 15.6 Å². The minimum atomic E-state index is -0.0723. The largest absolute Gasteiger partial charge is 0.399 e. The summed E-state index contributed by atoms with van der Waals surface area (Å²) in [6.45, 7) is 0.280. The molecule has 2 aromatic carbocycles. The van der Waals surface area contributed by atoms with Crippen molar-refractivity contribution in [2.75, 3.05) is 11.1 Å². The van der Waals surface area contributed by atoms with Crippen molar-refractivity contribution in [2.24, 2.45) is 0 Å². The highest BCUT2D eigenvalue weighted by Crippen LogP contribution is 2.16. The lowest BCUT2D eigenvalue weighted by Crippen LogP contribution is -2.18. The van der Waals surface area contributed by atoms with E-state index in [0.717, 1.165) is 10.9 Å². The van der Waals surface area contributed by atoms with Gasteiger partial charge in [0.05, 0.1) is 0 Å². The van der Waals surface area contributed by atoms with E-state index in [1.165, 1.54) is 0 Å². The SMILES string of the molecule is Nc1cccc(NC(=O)Cn2ccc3ccccc32)c1. The highest BCUT2D eigenvalue weighted by Gasteiger charge is 2.06. The summed E-state index contributed by atoms with van der Waals surface area (Å²) in [5.41, 5.74) is 8.09. The van der Waals surface area contributed by atoms with Crippen LogP contribution in [0.4, 0.5) is 11.4 Å². The zero-order chi connectivity index (χ0) is 13.9. The summed E-state index contributed by atoms with van der Waals surface area (Å²) >= 11 is 0. The Hall–Kier alpha value is -2.75. The molecule has 0 aliphatic heterocycles. The number of nitrogens with two attached hydrogens (primary N) is 1. The van der Waals surface area contributed by atoms with E-state index in [0.29, 0.717) is 11.4 Å². The smallest absolute Gasteiger partial charge is 0.244 e. The highest BCUT2D eigenvalue weighted by atomic mass is 16.1. The second-order valence-electron chi connectivity index (χ2n) is 4.68. The Balaban J connectivity index is 1.76. The maximum absolute atomic E-state index is 12.1. The second-order valence-corrected chi connectivity index (χ2v) is 4.68. The van der Waals surface area contributed by atoms with Gasteiger partial charge in [-0.2, -0.15) is 0 Å². The minimum absolute atomic E-state index is 0.0723. The van der Waals surface area contributed by atoms with Gasteiger partial charge >= 0.3 is 0 Å². The molecular formula is C16H15N3O. The van der Waals surface area contributed by atoms with Crippen molar-refractivity contribution < 1.29 is 4.79 Å². The first kappa shape index (κ1) is 12.3. The van der Waals surface area contributed by atoms with Crippen LogP contribution in [0, 0.1) is 0 Å². The average molecular weight is 265 g/mol. The van der Waals surface area contributed by atoms with Gasteiger partial charge in [0.15, 0.2) is 0 Å². The van der Waals surface area contributed by atoms with Crippen molar-refractivity contribution in [1.82, 2.24) is 4.57 Å². The molecule has 0 saturated carbocycles. The molecule has 0 saturated heterocycles. The molecule has 20 heavy (non-hydrogen) atoms. The molecule has 0 fully saturated rings. The fourth-order valence-electron chi connectivity index (χ4n) is 2.25. The van der Waals surface area contributed by atoms with Crippen molar-refractivity contribution in [3.63, 3.8) is 0 Å². The van der Waals surface area contributed by atoms with Crippen LogP contribution in [0.15, 0.2) is 60.8 Å². The van der Waals surface area contributed by atoms with E-state index >= 15 is 0 Å². The molecule has 0 atom stereocenters. The number of nitrogen functional groups attached to an aromatic ring is 1. The molecule has 4 heteroatoms. The number of para-hydroxylation sites is 1. The molecule has 3 rings (SSSR count). The first-order valence-corrected chi connectivity index (χ1v) is 6.42. The number of rotatable bonds is 3. The highest BCUT2D eigenvalue weighted by molar-refractivity contribution is 5.92. The van der Waals surface area contributed by atoms with E-state index in [2.05, 4.69) is 5.32 Å².